The Kier molecular flexibility index (Phi) is 7.69. The summed E-state index contributed by atoms with van der Waals surface area (Å²) >= 11 is 1.39. The zero-order valence-corrected chi connectivity index (χ0v) is 17.6. The number of thioether (sulfide) groups is 1. The molecule has 6 nitrogen and oxygen atoms in total. The van der Waals surface area contributed by atoms with Gasteiger partial charge in [-0.2, -0.15) is 0 Å². The molecular formula is C22H26N4O2S. The summed E-state index contributed by atoms with van der Waals surface area (Å²) in [5, 5.41) is 12.2. The van der Waals surface area contributed by atoms with Gasteiger partial charge in [-0.25, -0.2) is 0 Å². The monoisotopic (exact) mass is 410 g/mol. The molecule has 0 atom stereocenters. The minimum Gasteiger partial charge on any atom is -0.486 e. The highest BCUT2D eigenvalue weighted by Crippen LogP contribution is 2.19. The van der Waals surface area contributed by atoms with E-state index in [-0.39, 0.29) is 5.91 Å². The molecule has 0 fully saturated rings. The van der Waals surface area contributed by atoms with E-state index >= 15 is 0 Å². The summed E-state index contributed by atoms with van der Waals surface area (Å²) in [6, 6.07) is 18.0. The van der Waals surface area contributed by atoms with Crippen molar-refractivity contribution in [3.05, 3.63) is 71.5 Å². The average Bonchev–Trinajstić information content (AvgIpc) is 3.13. The first-order chi connectivity index (χ1) is 14.2. The lowest BCUT2D eigenvalue weighted by Gasteiger charge is -2.09. The first kappa shape index (κ1) is 20.9. The molecule has 0 unspecified atom stereocenters. The third-order valence-corrected chi connectivity index (χ3v) is 5.34. The van der Waals surface area contributed by atoms with Crippen molar-refractivity contribution >= 4 is 17.7 Å². The highest BCUT2D eigenvalue weighted by atomic mass is 32.2. The molecule has 0 aliphatic carbocycles. The molecule has 29 heavy (non-hydrogen) atoms. The molecule has 3 rings (SSSR count). The van der Waals surface area contributed by atoms with Gasteiger partial charge in [-0.05, 0) is 43.5 Å². The molecule has 0 aliphatic heterocycles. The second kappa shape index (κ2) is 10.7. The van der Waals surface area contributed by atoms with E-state index in [1.807, 2.05) is 60.9 Å². The molecule has 2 aromatic carbocycles. The molecule has 1 amide bonds. The highest BCUT2D eigenvalue weighted by Gasteiger charge is 2.13. The fourth-order valence-electron chi connectivity index (χ4n) is 2.88. The predicted molar refractivity (Wildman–Crippen MR) is 115 cm³/mol. The van der Waals surface area contributed by atoms with E-state index in [9.17, 15) is 4.79 Å². The van der Waals surface area contributed by atoms with Gasteiger partial charge < -0.3 is 14.6 Å². The van der Waals surface area contributed by atoms with Crippen molar-refractivity contribution < 1.29 is 9.53 Å². The molecule has 0 bridgehead atoms. The number of ether oxygens (including phenoxy) is 1. The van der Waals surface area contributed by atoms with E-state index in [4.69, 9.17) is 4.74 Å². The molecule has 0 spiro atoms. The van der Waals surface area contributed by atoms with Gasteiger partial charge in [0.2, 0.25) is 5.91 Å². The third-order valence-electron chi connectivity index (χ3n) is 4.38. The van der Waals surface area contributed by atoms with Crippen LogP contribution in [0, 0.1) is 6.92 Å². The summed E-state index contributed by atoms with van der Waals surface area (Å²) < 4.78 is 7.82. The number of benzene rings is 2. The summed E-state index contributed by atoms with van der Waals surface area (Å²) in [5.74, 6) is 1.86. The molecule has 1 heterocycles. The number of aromatic nitrogens is 3. The molecule has 7 heteroatoms. The van der Waals surface area contributed by atoms with Crippen LogP contribution < -0.4 is 10.1 Å². The van der Waals surface area contributed by atoms with Crippen molar-refractivity contribution in [2.45, 2.75) is 38.6 Å². The lowest BCUT2D eigenvalue weighted by molar-refractivity contribution is -0.118. The Morgan fingerprint density at radius 3 is 2.72 bits per heavy atom. The maximum absolute atomic E-state index is 12.1. The van der Waals surface area contributed by atoms with Crippen molar-refractivity contribution in [2.75, 3.05) is 12.3 Å². The number of aryl methyl sites for hydroxylation is 1. The molecular weight excluding hydrogens is 384 g/mol. The Morgan fingerprint density at radius 1 is 1.14 bits per heavy atom. The summed E-state index contributed by atoms with van der Waals surface area (Å²) in [6.45, 7) is 5.75. The number of hydrogen-bond donors (Lipinski definition) is 1. The summed E-state index contributed by atoms with van der Waals surface area (Å²) in [7, 11) is 0. The van der Waals surface area contributed by atoms with E-state index in [2.05, 4.69) is 27.6 Å². The average molecular weight is 411 g/mol. The molecule has 1 aromatic heterocycles. The standard InChI is InChI=1S/C22H26N4O2S/c1-3-26-20(15-28-19-11-7-8-17(2)14-19)24-25-22(26)29-16-21(27)23-13-12-18-9-5-4-6-10-18/h4-11,14H,3,12-13,15-16H2,1-2H3,(H,23,27). The van der Waals surface area contributed by atoms with E-state index < -0.39 is 0 Å². The SMILES string of the molecule is CCn1c(COc2cccc(C)c2)nnc1SCC(=O)NCCc1ccccc1. The van der Waals surface area contributed by atoms with Gasteiger partial charge in [-0.1, -0.05) is 54.2 Å². The van der Waals surface area contributed by atoms with E-state index in [1.54, 1.807) is 0 Å². The minimum atomic E-state index is -0.00542. The number of hydrogen-bond acceptors (Lipinski definition) is 5. The molecule has 3 aromatic rings. The zero-order valence-electron chi connectivity index (χ0n) is 16.8. The van der Waals surface area contributed by atoms with Crippen LogP contribution in [0.1, 0.15) is 23.9 Å². The lowest BCUT2D eigenvalue weighted by Crippen LogP contribution is -2.27. The fourth-order valence-corrected chi connectivity index (χ4v) is 3.73. The number of amides is 1. The first-order valence-corrected chi connectivity index (χ1v) is 10.7. The second-order valence-corrected chi connectivity index (χ2v) is 7.56. The minimum absolute atomic E-state index is 0.00542. The zero-order chi connectivity index (χ0) is 20.5. The maximum atomic E-state index is 12.1. The van der Waals surface area contributed by atoms with Crippen molar-refractivity contribution in [1.82, 2.24) is 20.1 Å². The second-order valence-electron chi connectivity index (χ2n) is 6.62. The third kappa shape index (κ3) is 6.35. The number of carbonyl (C=O) groups is 1. The van der Waals surface area contributed by atoms with E-state index in [0.29, 0.717) is 18.9 Å². The van der Waals surface area contributed by atoms with Crippen LogP contribution in [-0.4, -0.2) is 33.0 Å². The Balaban J connectivity index is 1.47. The molecule has 0 saturated heterocycles. The van der Waals surface area contributed by atoms with Gasteiger partial charge >= 0.3 is 0 Å². The lowest BCUT2D eigenvalue weighted by atomic mass is 10.1. The number of nitrogens with zero attached hydrogens (tertiary/aromatic N) is 3. The van der Waals surface area contributed by atoms with Crippen molar-refractivity contribution in [2.24, 2.45) is 0 Å². The number of rotatable bonds is 10. The van der Waals surface area contributed by atoms with Crippen molar-refractivity contribution in [3.63, 3.8) is 0 Å². The fraction of sp³-hybridized carbons (Fsp3) is 0.318. The largest absolute Gasteiger partial charge is 0.486 e. The predicted octanol–water partition coefficient (Wildman–Crippen LogP) is 3.64. The van der Waals surface area contributed by atoms with Crippen LogP contribution in [0.25, 0.3) is 0 Å². The normalized spacial score (nSPS) is 10.7. The van der Waals surface area contributed by atoms with Crippen LogP contribution in [0.5, 0.6) is 5.75 Å². The quantitative estimate of drug-likeness (QED) is 0.517. The van der Waals surface area contributed by atoms with Crippen LogP contribution in [-0.2, 0) is 24.4 Å². The van der Waals surface area contributed by atoms with Crippen molar-refractivity contribution in [3.8, 4) is 5.75 Å². The van der Waals surface area contributed by atoms with Crippen LogP contribution >= 0.6 is 11.8 Å². The summed E-state index contributed by atoms with van der Waals surface area (Å²) in [5.41, 5.74) is 2.36. The molecule has 0 saturated carbocycles. The smallest absolute Gasteiger partial charge is 0.230 e. The van der Waals surface area contributed by atoms with Crippen LogP contribution in [0.2, 0.25) is 0 Å². The maximum Gasteiger partial charge on any atom is 0.230 e. The topological polar surface area (TPSA) is 69.0 Å². The molecule has 0 aliphatic rings. The van der Waals surface area contributed by atoms with Gasteiger partial charge in [0.1, 0.15) is 12.4 Å². The van der Waals surface area contributed by atoms with Gasteiger partial charge in [-0.3, -0.25) is 4.79 Å². The van der Waals surface area contributed by atoms with Gasteiger partial charge in [0, 0.05) is 13.1 Å². The molecule has 1 N–H and O–H groups in total. The van der Waals surface area contributed by atoms with E-state index in [0.717, 1.165) is 35.3 Å². The van der Waals surface area contributed by atoms with Crippen LogP contribution in [0.4, 0.5) is 0 Å². The van der Waals surface area contributed by atoms with Crippen LogP contribution in [0.3, 0.4) is 0 Å². The van der Waals surface area contributed by atoms with Gasteiger partial charge in [-0.15, -0.1) is 10.2 Å². The number of nitrogens with one attached hydrogen (secondary N) is 1. The molecule has 0 radical (unpaired) electrons. The first-order valence-electron chi connectivity index (χ1n) is 9.70. The Bertz CT molecular complexity index is 928. The van der Waals surface area contributed by atoms with Gasteiger partial charge in [0.05, 0.1) is 5.75 Å². The van der Waals surface area contributed by atoms with Gasteiger partial charge in [0.15, 0.2) is 11.0 Å². The Labute approximate surface area is 175 Å². The molecule has 152 valence electrons. The Morgan fingerprint density at radius 2 is 1.97 bits per heavy atom. The van der Waals surface area contributed by atoms with Crippen LogP contribution in [0.15, 0.2) is 59.8 Å². The van der Waals surface area contributed by atoms with Crippen molar-refractivity contribution in [1.29, 1.82) is 0 Å². The highest BCUT2D eigenvalue weighted by molar-refractivity contribution is 7.99. The summed E-state index contributed by atoms with van der Waals surface area (Å²) in [6.07, 6.45) is 0.822. The van der Waals surface area contributed by atoms with E-state index in [1.165, 1.54) is 17.3 Å². The summed E-state index contributed by atoms with van der Waals surface area (Å²) in [4.78, 5) is 12.1. The van der Waals surface area contributed by atoms with Gasteiger partial charge in [0.25, 0.3) is 0 Å². The number of carbonyl (C=O) groups excluding carboxylic acids is 1. The Hall–Kier alpha value is -2.80.